The number of hydrogen-bond acceptors (Lipinski definition) is 4. The zero-order valence-electron chi connectivity index (χ0n) is 16.1. The summed E-state index contributed by atoms with van der Waals surface area (Å²) in [6, 6.07) is 9.75. The van der Waals surface area contributed by atoms with Crippen molar-refractivity contribution in [2.75, 3.05) is 6.61 Å². The van der Waals surface area contributed by atoms with Gasteiger partial charge in [-0.25, -0.2) is 0 Å². The van der Waals surface area contributed by atoms with Crippen molar-refractivity contribution in [2.45, 2.75) is 26.9 Å². The summed E-state index contributed by atoms with van der Waals surface area (Å²) >= 11 is 15.2. The van der Waals surface area contributed by atoms with Crippen LogP contribution in [0.2, 0.25) is 10.0 Å². The third-order valence-corrected chi connectivity index (χ3v) is 4.65. The van der Waals surface area contributed by atoms with E-state index in [1.165, 1.54) is 13.0 Å². The van der Waals surface area contributed by atoms with E-state index in [0.717, 1.165) is 0 Å². The van der Waals surface area contributed by atoms with Crippen molar-refractivity contribution in [2.24, 2.45) is 5.92 Å². The van der Waals surface area contributed by atoms with E-state index in [4.69, 9.17) is 32.7 Å². The van der Waals surface area contributed by atoms with Gasteiger partial charge in [-0.05, 0) is 49.2 Å². The summed E-state index contributed by atoms with van der Waals surface area (Å²) in [5, 5.41) is 0.735. The van der Waals surface area contributed by atoms with Crippen LogP contribution >= 0.6 is 39.1 Å². The Hall–Kier alpha value is -1.96. The van der Waals surface area contributed by atoms with Crippen LogP contribution in [-0.4, -0.2) is 24.5 Å². The second-order valence-corrected chi connectivity index (χ2v) is 8.38. The first kappa shape index (κ1) is 23.3. The third-order valence-electron chi connectivity index (χ3n) is 3.62. The molecule has 1 atom stereocenters. The Balaban J connectivity index is 1.99. The number of nitrogens with one attached hydrogen (secondary N) is 2. The van der Waals surface area contributed by atoms with E-state index in [1.54, 1.807) is 30.3 Å². The van der Waals surface area contributed by atoms with Crippen LogP contribution in [0.4, 0.5) is 0 Å². The van der Waals surface area contributed by atoms with E-state index in [9.17, 15) is 9.59 Å². The number of rotatable bonds is 7. The molecular weight excluding hydrogens is 483 g/mol. The van der Waals surface area contributed by atoms with Crippen molar-refractivity contribution < 1.29 is 19.1 Å². The zero-order valence-corrected chi connectivity index (χ0v) is 19.2. The highest BCUT2D eigenvalue weighted by Crippen LogP contribution is 2.28. The molecule has 1 unspecified atom stereocenters. The number of halogens is 3. The summed E-state index contributed by atoms with van der Waals surface area (Å²) in [6.45, 7) is 6.00. The second kappa shape index (κ2) is 10.7. The summed E-state index contributed by atoms with van der Waals surface area (Å²) in [5.41, 5.74) is 5.00. The molecule has 9 heteroatoms. The molecule has 2 aromatic rings. The van der Waals surface area contributed by atoms with Crippen molar-refractivity contribution in [3.05, 3.63) is 56.5 Å². The average molecular weight is 504 g/mol. The van der Waals surface area contributed by atoms with E-state index in [-0.39, 0.29) is 10.6 Å². The van der Waals surface area contributed by atoms with Gasteiger partial charge in [0.05, 0.1) is 17.2 Å². The minimum absolute atomic E-state index is 0.280. The zero-order chi connectivity index (χ0) is 21.6. The lowest BCUT2D eigenvalue weighted by atomic mass is 10.2. The van der Waals surface area contributed by atoms with Crippen molar-refractivity contribution in [3.8, 4) is 11.5 Å². The molecule has 0 saturated carbocycles. The van der Waals surface area contributed by atoms with E-state index in [1.807, 2.05) is 13.8 Å². The monoisotopic (exact) mass is 502 g/mol. The highest BCUT2D eigenvalue weighted by atomic mass is 79.9. The topological polar surface area (TPSA) is 76.7 Å². The molecule has 0 bridgehead atoms. The predicted molar refractivity (Wildman–Crippen MR) is 117 cm³/mol. The normalized spacial score (nSPS) is 11.7. The number of ether oxygens (including phenoxy) is 2. The number of carbonyl (C=O) groups is 2. The van der Waals surface area contributed by atoms with Gasteiger partial charge >= 0.3 is 0 Å². The summed E-state index contributed by atoms with van der Waals surface area (Å²) in [5.74, 6) is -0.0432. The Kier molecular flexibility index (Phi) is 8.61. The molecule has 6 nitrogen and oxygen atoms in total. The van der Waals surface area contributed by atoms with E-state index in [2.05, 4.69) is 26.8 Å². The second-order valence-electron chi connectivity index (χ2n) is 6.62. The van der Waals surface area contributed by atoms with Crippen LogP contribution in [0, 0.1) is 5.92 Å². The van der Waals surface area contributed by atoms with Crippen LogP contribution in [0.3, 0.4) is 0 Å². The average Bonchev–Trinajstić information content (AvgIpc) is 2.66. The predicted octanol–water partition coefficient (Wildman–Crippen LogP) is 5.02. The molecule has 29 heavy (non-hydrogen) atoms. The lowest BCUT2D eigenvalue weighted by molar-refractivity contribution is -0.128. The Bertz CT molecular complexity index is 893. The number of benzene rings is 2. The Morgan fingerprint density at radius 3 is 2.38 bits per heavy atom. The van der Waals surface area contributed by atoms with Gasteiger partial charge < -0.3 is 9.47 Å². The fourth-order valence-corrected chi connectivity index (χ4v) is 2.98. The molecule has 2 rings (SSSR count). The first-order valence-corrected chi connectivity index (χ1v) is 10.4. The van der Waals surface area contributed by atoms with Crippen molar-refractivity contribution >= 4 is 50.9 Å². The lowest BCUT2D eigenvalue weighted by Gasteiger charge is -2.17. The van der Waals surface area contributed by atoms with Gasteiger partial charge in [0, 0.05) is 9.50 Å². The molecule has 0 aliphatic rings. The summed E-state index contributed by atoms with van der Waals surface area (Å²) in [7, 11) is 0. The van der Waals surface area contributed by atoms with Crippen LogP contribution in [0.15, 0.2) is 40.9 Å². The standard InChI is InChI=1S/C20H21BrCl2N2O4/c1-11(2)10-28-17-6-4-13(21)8-15(17)20(27)25-24-19(26)12(3)29-18-7-5-14(22)9-16(18)23/h4-9,11-12H,10H2,1-3H3,(H,24,26)(H,25,27). The highest BCUT2D eigenvalue weighted by Gasteiger charge is 2.19. The van der Waals surface area contributed by atoms with Crippen LogP contribution < -0.4 is 20.3 Å². The van der Waals surface area contributed by atoms with Gasteiger partial charge in [0.15, 0.2) is 6.10 Å². The van der Waals surface area contributed by atoms with Gasteiger partial charge in [-0.1, -0.05) is 53.0 Å². The number of carbonyl (C=O) groups excluding carboxylic acids is 2. The maximum Gasteiger partial charge on any atom is 0.279 e. The van der Waals surface area contributed by atoms with E-state index >= 15 is 0 Å². The van der Waals surface area contributed by atoms with Gasteiger partial charge in [-0.3, -0.25) is 20.4 Å². The largest absolute Gasteiger partial charge is 0.492 e. The molecule has 0 aromatic heterocycles. The quantitative estimate of drug-likeness (QED) is 0.520. The number of hydrogen-bond donors (Lipinski definition) is 2. The van der Waals surface area contributed by atoms with Crippen molar-refractivity contribution in [1.82, 2.24) is 10.9 Å². The molecule has 0 saturated heterocycles. The smallest absolute Gasteiger partial charge is 0.279 e. The van der Waals surface area contributed by atoms with E-state index < -0.39 is 17.9 Å². The SMILES string of the molecule is CC(C)COc1ccc(Br)cc1C(=O)NNC(=O)C(C)Oc1ccc(Cl)cc1Cl. The maximum atomic E-state index is 12.5. The summed E-state index contributed by atoms with van der Waals surface area (Å²) in [6.07, 6.45) is -0.909. The molecule has 0 radical (unpaired) electrons. The van der Waals surface area contributed by atoms with Gasteiger partial charge in [-0.2, -0.15) is 0 Å². The van der Waals surface area contributed by atoms with Crippen molar-refractivity contribution in [1.29, 1.82) is 0 Å². The van der Waals surface area contributed by atoms with Gasteiger partial charge in [0.2, 0.25) is 0 Å². The van der Waals surface area contributed by atoms with Gasteiger partial charge in [-0.15, -0.1) is 0 Å². The first-order valence-electron chi connectivity index (χ1n) is 8.81. The molecule has 2 N–H and O–H groups in total. The summed E-state index contributed by atoms with van der Waals surface area (Å²) < 4.78 is 11.9. The van der Waals surface area contributed by atoms with E-state index in [0.29, 0.717) is 33.5 Å². The van der Waals surface area contributed by atoms with Crippen molar-refractivity contribution in [3.63, 3.8) is 0 Å². The minimum Gasteiger partial charge on any atom is -0.492 e. The third kappa shape index (κ3) is 7.10. The lowest BCUT2D eigenvalue weighted by Crippen LogP contribution is -2.47. The first-order chi connectivity index (χ1) is 13.7. The molecule has 0 aliphatic heterocycles. The Labute approximate surface area is 188 Å². The molecule has 0 aliphatic carbocycles. The number of hydrazine groups is 1. The number of amides is 2. The molecule has 2 amide bonds. The highest BCUT2D eigenvalue weighted by molar-refractivity contribution is 9.10. The molecule has 0 spiro atoms. The van der Waals surface area contributed by atoms with Crippen LogP contribution in [0.5, 0.6) is 11.5 Å². The Morgan fingerprint density at radius 1 is 1.03 bits per heavy atom. The Morgan fingerprint density at radius 2 is 1.72 bits per heavy atom. The minimum atomic E-state index is -0.909. The maximum absolute atomic E-state index is 12.5. The molecule has 2 aromatic carbocycles. The molecule has 156 valence electrons. The van der Waals surface area contributed by atoms with Crippen LogP contribution in [-0.2, 0) is 4.79 Å². The molecule has 0 fully saturated rings. The molecule has 0 heterocycles. The fraction of sp³-hybridized carbons (Fsp3) is 0.300. The van der Waals surface area contributed by atoms with Gasteiger partial charge in [0.1, 0.15) is 11.5 Å². The fourth-order valence-electron chi connectivity index (χ4n) is 2.16. The van der Waals surface area contributed by atoms with Crippen LogP contribution in [0.1, 0.15) is 31.1 Å². The molecular formula is C20H21BrCl2N2O4. The summed E-state index contributed by atoms with van der Waals surface area (Å²) in [4.78, 5) is 24.8. The van der Waals surface area contributed by atoms with Gasteiger partial charge in [0.25, 0.3) is 11.8 Å². The van der Waals surface area contributed by atoms with Crippen LogP contribution in [0.25, 0.3) is 0 Å².